The van der Waals surface area contributed by atoms with Crippen LogP contribution in [-0.2, 0) is 22.8 Å². The van der Waals surface area contributed by atoms with Crippen LogP contribution in [0.15, 0.2) is 101 Å². The first kappa shape index (κ1) is 28.1. The van der Waals surface area contributed by atoms with Gasteiger partial charge in [0.15, 0.2) is 0 Å². The van der Waals surface area contributed by atoms with Crippen LogP contribution in [0.25, 0.3) is 6.08 Å². The zero-order chi connectivity index (χ0) is 28.9. The molecule has 9 heteroatoms. The van der Waals surface area contributed by atoms with Gasteiger partial charge in [-0.05, 0) is 94.2 Å². The number of rotatable bonds is 8. The number of amides is 4. The molecule has 0 unspecified atom stereocenters. The van der Waals surface area contributed by atoms with Crippen molar-refractivity contribution in [1.82, 2.24) is 5.32 Å². The van der Waals surface area contributed by atoms with Crippen LogP contribution in [0.2, 0.25) is 5.02 Å². The lowest BCUT2D eigenvalue weighted by Crippen LogP contribution is -2.54. The molecule has 0 spiro atoms. The lowest BCUT2D eigenvalue weighted by molar-refractivity contribution is -0.122. The van der Waals surface area contributed by atoms with Crippen LogP contribution in [0.5, 0.6) is 11.5 Å². The van der Waals surface area contributed by atoms with E-state index in [4.69, 9.17) is 21.1 Å². The van der Waals surface area contributed by atoms with Gasteiger partial charge in [-0.1, -0.05) is 59.6 Å². The highest BCUT2D eigenvalue weighted by atomic mass is 79.9. The van der Waals surface area contributed by atoms with Gasteiger partial charge in [-0.3, -0.25) is 14.9 Å². The fourth-order valence-corrected chi connectivity index (χ4v) is 4.70. The van der Waals surface area contributed by atoms with Crippen LogP contribution in [0.3, 0.4) is 0 Å². The minimum atomic E-state index is -0.822. The largest absolute Gasteiger partial charge is 0.489 e. The molecule has 0 aliphatic carbocycles. The maximum absolute atomic E-state index is 13.3. The molecule has 1 heterocycles. The van der Waals surface area contributed by atoms with E-state index >= 15 is 0 Å². The molecule has 206 valence electrons. The Bertz CT molecular complexity index is 1630. The monoisotopic (exact) mass is 630 g/mol. The minimum Gasteiger partial charge on any atom is -0.489 e. The molecule has 1 aliphatic heterocycles. The third-order valence-corrected chi connectivity index (χ3v) is 7.17. The first-order chi connectivity index (χ1) is 19.8. The lowest BCUT2D eigenvalue weighted by atomic mass is 10.1. The van der Waals surface area contributed by atoms with E-state index in [9.17, 15) is 14.4 Å². The zero-order valence-electron chi connectivity index (χ0n) is 21.9. The summed E-state index contributed by atoms with van der Waals surface area (Å²) >= 11 is 9.42. The van der Waals surface area contributed by atoms with E-state index in [1.165, 1.54) is 11.6 Å². The van der Waals surface area contributed by atoms with Gasteiger partial charge < -0.3 is 9.47 Å². The third-order valence-electron chi connectivity index (χ3n) is 6.30. The Morgan fingerprint density at radius 3 is 2.12 bits per heavy atom. The molecule has 5 rings (SSSR count). The summed E-state index contributed by atoms with van der Waals surface area (Å²) in [6.07, 6.45) is 1.43. The van der Waals surface area contributed by atoms with Crippen LogP contribution in [-0.4, -0.2) is 17.8 Å². The number of imide groups is 2. The number of nitrogens with zero attached hydrogens (tertiary/aromatic N) is 1. The van der Waals surface area contributed by atoms with E-state index in [-0.39, 0.29) is 5.57 Å². The number of barbiturate groups is 1. The first-order valence-corrected chi connectivity index (χ1v) is 13.8. The molecule has 0 radical (unpaired) electrons. The predicted octanol–water partition coefficient (Wildman–Crippen LogP) is 7.24. The van der Waals surface area contributed by atoms with Crippen LogP contribution in [0.1, 0.15) is 22.3 Å². The van der Waals surface area contributed by atoms with Gasteiger partial charge in [0.1, 0.15) is 30.3 Å². The molecular weight excluding hydrogens is 608 g/mol. The topological polar surface area (TPSA) is 84.9 Å². The predicted molar refractivity (Wildman–Crippen MR) is 161 cm³/mol. The van der Waals surface area contributed by atoms with Gasteiger partial charge in [-0.25, -0.2) is 9.69 Å². The molecule has 1 fully saturated rings. The highest BCUT2D eigenvalue weighted by Crippen LogP contribution is 2.29. The molecule has 0 atom stereocenters. The number of urea groups is 1. The molecule has 1 N–H and O–H groups in total. The SMILES string of the molecule is Cc1ccc(COc2ccc(N3C(=O)NC(=O)/C(=C\c4ccc(OCc5ccc(Cl)cc5)c(Br)c4)C3=O)cc2)cc1. The third kappa shape index (κ3) is 6.85. The smallest absolute Gasteiger partial charge is 0.335 e. The van der Waals surface area contributed by atoms with E-state index < -0.39 is 17.8 Å². The Kier molecular flexibility index (Phi) is 8.52. The van der Waals surface area contributed by atoms with Gasteiger partial charge in [0.05, 0.1) is 10.2 Å². The number of hydrogen-bond acceptors (Lipinski definition) is 5. The van der Waals surface area contributed by atoms with Crippen molar-refractivity contribution in [2.75, 3.05) is 4.90 Å². The zero-order valence-corrected chi connectivity index (χ0v) is 24.2. The second-order valence-corrected chi connectivity index (χ2v) is 10.6. The number of aryl methyl sites for hydroxylation is 1. The highest BCUT2D eigenvalue weighted by molar-refractivity contribution is 9.10. The summed E-state index contributed by atoms with van der Waals surface area (Å²) in [7, 11) is 0. The number of carbonyl (C=O) groups excluding carboxylic acids is 3. The highest BCUT2D eigenvalue weighted by Gasteiger charge is 2.36. The number of carbonyl (C=O) groups is 3. The molecule has 1 saturated heterocycles. The van der Waals surface area contributed by atoms with E-state index in [2.05, 4.69) is 21.2 Å². The second-order valence-electron chi connectivity index (χ2n) is 9.33. The van der Waals surface area contributed by atoms with Crippen molar-refractivity contribution in [3.63, 3.8) is 0 Å². The number of hydrogen-bond donors (Lipinski definition) is 1. The summed E-state index contributed by atoms with van der Waals surface area (Å²) in [6, 6.07) is 26.2. The van der Waals surface area contributed by atoms with Gasteiger partial charge in [0, 0.05) is 5.02 Å². The van der Waals surface area contributed by atoms with Gasteiger partial charge in [-0.15, -0.1) is 0 Å². The standard InChI is InChI=1S/C32H24BrClN2O5/c1-20-2-4-21(5-3-20)18-40-26-13-11-25(12-14-26)36-31(38)27(30(37)35-32(36)39)16-23-8-15-29(28(33)17-23)41-19-22-6-9-24(34)10-7-22/h2-17H,18-19H2,1H3,(H,35,37,39)/b27-16+. The van der Waals surface area contributed by atoms with E-state index in [0.717, 1.165) is 16.0 Å². The van der Waals surface area contributed by atoms with Gasteiger partial charge in [0.2, 0.25) is 0 Å². The Hall–Kier alpha value is -4.40. The van der Waals surface area contributed by atoms with E-state index in [0.29, 0.717) is 45.5 Å². The molecule has 0 aromatic heterocycles. The van der Waals surface area contributed by atoms with Crippen LogP contribution >= 0.6 is 27.5 Å². The molecule has 0 saturated carbocycles. The molecular formula is C32H24BrClN2O5. The summed E-state index contributed by atoms with van der Waals surface area (Å²) in [5.41, 5.74) is 3.84. The molecule has 4 aromatic rings. The summed E-state index contributed by atoms with van der Waals surface area (Å²) < 4.78 is 12.3. The lowest BCUT2D eigenvalue weighted by Gasteiger charge is -2.26. The quantitative estimate of drug-likeness (QED) is 0.164. The molecule has 41 heavy (non-hydrogen) atoms. The van der Waals surface area contributed by atoms with Gasteiger partial charge >= 0.3 is 6.03 Å². The van der Waals surface area contributed by atoms with Crippen molar-refractivity contribution in [3.8, 4) is 11.5 Å². The fraction of sp³-hybridized carbons (Fsp3) is 0.0938. The van der Waals surface area contributed by atoms with Gasteiger partial charge in [-0.2, -0.15) is 0 Å². The molecule has 4 amide bonds. The number of benzene rings is 4. The van der Waals surface area contributed by atoms with Gasteiger partial charge in [0.25, 0.3) is 11.8 Å². The average molecular weight is 632 g/mol. The van der Waals surface area contributed by atoms with Crippen molar-refractivity contribution in [2.45, 2.75) is 20.1 Å². The molecule has 7 nitrogen and oxygen atoms in total. The van der Waals surface area contributed by atoms with Crippen LogP contribution < -0.4 is 19.7 Å². The molecule has 4 aromatic carbocycles. The maximum Gasteiger partial charge on any atom is 0.335 e. The minimum absolute atomic E-state index is 0.175. The van der Waals surface area contributed by atoms with E-state index in [1.54, 1.807) is 54.6 Å². The maximum atomic E-state index is 13.3. The first-order valence-electron chi connectivity index (χ1n) is 12.6. The number of nitrogens with one attached hydrogen (secondary N) is 1. The fourth-order valence-electron chi connectivity index (χ4n) is 4.07. The summed E-state index contributed by atoms with van der Waals surface area (Å²) in [6.45, 7) is 2.74. The van der Waals surface area contributed by atoms with Crippen molar-refractivity contribution in [2.24, 2.45) is 0 Å². The van der Waals surface area contributed by atoms with Crippen molar-refractivity contribution >= 4 is 57.1 Å². The molecule has 0 bridgehead atoms. The Morgan fingerprint density at radius 2 is 1.46 bits per heavy atom. The Morgan fingerprint density at radius 1 is 0.829 bits per heavy atom. The summed E-state index contributed by atoms with van der Waals surface area (Å²) in [4.78, 5) is 39.5. The summed E-state index contributed by atoms with van der Waals surface area (Å²) in [5.74, 6) is -0.336. The number of anilines is 1. The van der Waals surface area contributed by atoms with Crippen LogP contribution in [0, 0.1) is 6.92 Å². The van der Waals surface area contributed by atoms with E-state index in [1.807, 2.05) is 43.3 Å². The normalized spacial score (nSPS) is 14.3. The Balaban J connectivity index is 1.28. The Labute approximate surface area is 250 Å². The van der Waals surface area contributed by atoms with Crippen molar-refractivity contribution < 1.29 is 23.9 Å². The van der Waals surface area contributed by atoms with Crippen molar-refractivity contribution in [1.29, 1.82) is 0 Å². The molecule has 1 aliphatic rings. The summed E-state index contributed by atoms with van der Waals surface area (Å²) in [5, 5.41) is 2.89. The second kappa shape index (κ2) is 12.4. The average Bonchev–Trinajstić information content (AvgIpc) is 2.96. The number of ether oxygens (including phenoxy) is 2. The number of halogens is 2. The van der Waals surface area contributed by atoms with Crippen molar-refractivity contribution in [3.05, 3.63) is 128 Å². The van der Waals surface area contributed by atoms with Crippen LogP contribution in [0.4, 0.5) is 10.5 Å².